The number of amides is 1. The Balaban J connectivity index is 0.000000103. The molecule has 2 saturated carbocycles. The molecule has 0 spiro atoms. The van der Waals surface area contributed by atoms with Gasteiger partial charge in [0, 0.05) is 145 Å². The molecule has 1 saturated heterocycles. The predicted molar refractivity (Wildman–Crippen MR) is 449 cm³/mol. The lowest BCUT2D eigenvalue weighted by Gasteiger charge is -2.26. The van der Waals surface area contributed by atoms with E-state index in [2.05, 4.69) is 97.0 Å². The number of aromatic nitrogens is 24. The second-order valence-electron chi connectivity index (χ2n) is 32.1. The summed E-state index contributed by atoms with van der Waals surface area (Å²) in [5.74, 6) is 3.70. The van der Waals surface area contributed by atoms with Crippen LogP contribution < -0.4 is 16.9 Å². The number of ether oxygens (including phenoxy) is 1. The van der Waals surface area contributed by atoms with Crippen LogP contribution in [0.4, 0.5) is 8.78 Å². The molecular formula is C88H88F2N26O4. The fourth-order valence-corrected chi connectivity index (χ4v) is 17.2. The number of fused-ring (bicyclic) bond motifs is 8. The number of primary amides is 1. The number of rotatable bonds is 18. The summed E-state index contributed by atoms with van der Waals surface area (Å²) in [6.45, 7) is 11.8. The molecule has 23 rings (SSSR count). The van der Waals surface area contributed by atoms with Gasteiger partial charge in [-0.05, 0) is 138 Å². The molecule has 2 aliphatic carbocycles. The Hall–Kier alpha value is -13.2. The van der Waals surface area contributed by atoms with Crippen LogP contribution >= 0.6 is 0 Å². The summed E-state index contributed by atoms with van der Waals surface area (Å²) in [5, 5.41) is 19.9. The molecule has 30 nitrogen and oxygen atoms in total. The zero-order valence-electron chi connectivity index (χ0n) is 66.9. The third kappa shape index (κ3) is 14.8. The minimum atomic E-state index is -0.984. The molecule has 7 aliphatic rings. The Morgan fingerprint density at radius 2 is 0.875 bits per heavy atom. The molecule has 4 aromatic carbocycles. The Bertz CT molecular complexity index is 6750. The lowest BCUT2D eigenvalue weighted by atomic mass is 10.1. The smallest absolute Gasteiger partial charge is 0.268 e. The molecule has 2 N–H and O–H groups in total. The van der Waals surface area contributed by atoms with Gasteiger partial charge in [-0.1, -0.05) is 24.3 Å². The van der Waals surface area contributed by atoms with E-state index in [9.17, 15) is 23.2 Å². The normalized spacial score (nSPS) is 15.9. The number of carbonyl (C=O) groups excluding carboxylic acids is 1. The first-order valence-electron chi connectivity index (χ1n) is 41.5. The lowest BCUT2D eigenvalue weighted by molar-refractivity contribution is 0.0362. The number of halogens is 2. The Morgan fingerprint density at radius 3 is 1.34 bits per heavy atom. The first kappa shape index (κ1) is 75.5. The van der Waals surface area contributed by atoms with Gasteiger partial charge in [0.15, 0.2) is 0 Å². The van der Waals surface area contributed by atoms with E-state index in [1.807, 2.05) is 85.1 Å². The van der Waals surface area contributed by atoms with Crippen molar-refractivity contribution in [3.63, 3.8) is 0 Å². The van der Waals surface area contributed by atoms with E-state index in [0.29, 0.717) is 57.3 Å². The number of imidazole rings is 4. The highest BCUT2D eigenvalue weighted by Crippen LogP contribution is 2.43. The van der Waals surface area contributed by atoms with Gasteiger partial charge < -0.3 is 33.3 Å². The molecule has 0 radical (unpaired) electrons. The van der Waals surface area contributed by atoms with Gasteiger partial charge in [-0.2, -0.15) is 20.4 Å². The summed E-state index contributed by atoms with van der Waals surface area (Å²) in [4.78, 5) is 85.9. The minimum absolute atomic E-state index is 0.0426. The molecule has 2 unspecified atom stereocenters. The summed E-state index contributed by atoms with van der Waals surface area (Å²) in [6.07, 6.45) is 26.8. The zero-order chi connectivity index (χ0) is 81.4. The minimum Gasteiger partial charge on any atom is -0.379 e. The molecule has 12 aromatic heterocycles. The molecule has 16 aromatic rings. The zero-order valence-corrected chi connectivity index (χ0v) is 66.9. The van der Waals surface area contributed by atoms with E-state index in [1.165, 1.54) is 56.6 Å². The van der Waals surface area contributed by atoms with Crippen LogP contribution in [0.1, 0.15) is 111 Å². The standard InChI is InChI=1S/C26H30FN7O2.C21H21FN6O.C21H19N7O.C20H18N6/c1-18(27)16-33-8-6-22(30-33)24-25(34-7-2-3-23(34)29-24)19-4-5-21-20(15-19)26(35)32(17-28-21)10-9-31-11-13-36-14-12-31;1-13(22)11-27-9-7-17(25-27)19-20(28-8-3-4-18(28)24-19)14-5-6-16-15(10-14)21(29)26(2)12-23-16;22-21(29)17-11-23-14-6-3-12(10-16(14)24-17)20-19(25-18-2-1-8-27(18)20)15-7-9-28(26-15)13-4-5-13;1-2-18-23-19(16-7-11-26(24-16)14-4-5-14)20(25(18)10-1)13-3-6-15-17(12-13)22-9-8-21-15/h4-6,8,15,17-18H,2-3,7,9-14,16H2,1H3;5-7,9-10,12-13H,3-4,8,11H2,1-2H3;3,6-7,9-11,13H,1-2,4-5,8H2,(H2,22,29);3,6-9,11-12,14H,1-2,4-5,10H2. The lowest BCUT2D eigenvalue weighted by Crippen LogP contribution is -2.39. The van der Waals surface area contributed by atoms with E-state index in [4.69, 9.17) is 40.6 Å². The van der Waals surface area contributed by atoms with Crippen molar-refractivity contribution in [3.8, 4) is 90.6 Å². The van der Waals surface area contributed by atoms with Crippen LogP contribution in [0.2, 0.25) is 0 Å². The highest BCUT2D eigenvalue weighted by Gasteiger charge is 2.33. The summed E-state index contributed by atoms with van der Waals surface area (Å²) in [5.41, 5.74) is 24.7. The fraction of sp³-hybridized carbons (Fsp3) is 0.352. The van der Waals surface area contributed by atoms with E-state index in [-0.39, 0.29) is 29.9 Å². The number of nitrogens with zero attached hydrogens (tertiary/aromatic N) is 25. The quantitative estimate of drug-likeness (QED) is 0.0834. The van der Waals surface area contributed by atoms with Gasteiger partial charge in [0.1, 0.15) is 86.9 Å². The van der Waals surface area contributed by atoms with Crippen molar-refractivity contribution in [1.82, 2.24) is 121 Å². The van der Waals surface area contributed by atoms with Crippen LogP contribution in [0.3, 0.4) is 0 Å². The van der Waals surface area contributed by atoms with Crippen LogP contribution in [-0.4, -0.2) is 172 Å². The van der Waals surface area contributed by atoms with Gasteiger partial charge in [-0.15, -0.1) is 0 Å². The van der Waals surface area contributed by atoms with Crippen LogP contribution in [-0.2, 0) is 83.3 Å². The van der Waals surface area contributed by atoms with Gasteiger partial charge in [-0.3, -0.25) is 57.5 Å². The molecule has 1 amide bonds. The molecule has 0 bridgehead atoms. The van der Waals surface area contributed by atoms with Crippen LogP contribution in [0.25, 0.3) is 134 Å². The van der Waals surface area contributed by atoms with Crippen molar-refractivity contribution >= 4 is 49.8 Å². The van der Waals surface area contributed by atoms with E-state index < -0.39 is 18.3 Å². The van der Waals surface area contributed by atoms with Crippen LogP contribution in [0, 0.1) is 0 Å². The number of nitrogens with two attached hydrogens (primary N) is 1. The first-order chi connectivity index (χ1) is 58.6. The highest BCUT2D eigenvalue weighted by molar-refractivity contribution is 5.94. The highest BCUT2D eigenvalue weighted by atomic mass is 19.1. The molecular weight excluding hydrogens is 1520 g/mol. The number of aryl methyl sites for hydroxylation is 5. The molecule has 5 aliphatic heterocycles. The molecule has 120 heavy (non-hydrogen) atoms. The van der Waals surface area contributed by atoms with E-state index in [1.54, 1.807) is 52.1 Å². The maximum atomic E-state index is 13.5. The van der Waals surface area contributed by atoms with E-state index >= 15 is 0 Å². The Morgan fingerprint density at radius 1 is 0.458 bits per heavy atom. The number of carbonyl (C=O) groups is 1. The van der Waals surface area contributed by atoms with Crippen molar-refractivity contribution in [1.29, 1.82) is 0 Å². The number of hydrogen-bond acceptors (Lipinski definition) is 19. The monoisotopic (exact) mass is 1610 g/mol. The topological polar surface area (TPSA) is 319 Å². The second kappa shape index (κ2) is 31.6. The summed E-state index contributed by atoms with van der Waals surface area (Å²) in [6, 6.07) is 32.8. The summed E-state index contributed by atoms with van der Waals surface area (Å²) < 4.78 is 51.9. The largest absolute Gasteiger partial charge is 0.379 e. The number of alkyl halides is 2. The first-order valence-corrected chi connectivity index (χ1v) is 41.5. The maximum absolute atomic E-state index is 13.5. The molecule has 32 heteroatoms. The van der Waals surface area contributed by atoms with Crippen molar-refractivity contribution in [2.24, 2.45) is 12.8 Å². The molecule has 608 valence electrons. The van der Waals surface area contributed by atoms with Crippen LogP contribution in [0.5, 0.6) is 0 Å². The Kier molecular flexibility index (Phi) is 19.9. The summed E-state index contributed by atoms with van der Waals surface area (Å²) >= 11 is 0. The van der Waals surface area contributed by atoms with Crippen molar-refractivity contribution in [3.05, 3.63) is 203 Å². The predicted octanol–water partition coefficient (Wildman–Crippen LogP) is 12.1. The van der Waals surface area contributed by atoms with Crippen molar-refractivity contribution < 1.29 is 18.3 Å². The van der Waals surface area contributed by atoms with Crippen molar-refractivity contribution in [2.75, 3.05) is 32.8 Å². The van der Waals surface area contributed by atoms with Crippen LogP contribution in [0.15, 0.2) is 163 Å². The third-order valence-corrected chi connectivity index (χ3v) is 23.4. The molecule has 17 heterocycles. The van der Waals surface area contributed by atoms with Crippen molar-refractivity contribution in [2.45, 2.75) is 161 Å². The van der Waals surface area contributed by atoms with Gasteiger partial charge in [0.2, 0.25) is 0 Å². The van der Waals surface area contributed by atoms with E-state index in [0.717, 1.165) is 229 Å². The number of hydrogen-bond donors (Lipinski definition) is 1. The van der Waals surface area contributed by atoms with Gasteiger partial charge in [0.05, 0.1) is 124 Å². The maximum Gasteiger partial charge on any atom is 0.268 e. The molecule has 3 fully saturated rings. The van der Waals surface area contributed by atoms with Gasteiger partial charge in [0.25, 0.3) is 17.0 Å². The number of morpholine rings is 1. The summed E-state index contributed by atoms with van der Waals surface area (Å²) in [7, 11) is 1.70. The SMILES string of the molecule is CC(F)Cn1ccc(-c2nc3n(c2-c2ccc4ncn(C)c(=O)c4c2)CCC3)n1.CC(F)Cn1ccc(-c2nc3n(c2-c2ccc4ncn(CCN5CCOCC5)c(=O)c4c2)CCC3)n1.NC(=O)c1cnc2ccc(-c3c(-c4ccn(C5CC5)n4)nc4n3CCC4)cc2n1.c1cnc2cc(-c3c(-c4ccn(C5CC5)n4)nc4n3CCC4)ccc2n1. The van der Waals surface area contributed by atoms with Gasteiger partial charge in [-0.25, -0.2) is 43.7 Å². The van der Waals surface area contributed by atoms with Gasteiger partial charge >= 0.3 is 0 Å². The number of benzene rings is 4. The average Bonchev–Trinajstić information content (AvgIpc) is 1.64. The molecule has 2 atom stereocenters. The fourth-order valence-electron chi connectivity index (χ4n) is 17.2. The average molecular weight is 1610 g/mol. The third-order valence-electron chi connectivity index (χ3n) is 23.4. The second-order valence-corrected chi connectivity index (χ2v) is 32.1. The Labute approximate surface area is 686 Å².